The highest BCUT2D eigenvalue weighted by Crippen LogP contribution is 2.65. The number of esters is 1. The molecule has 4 aliphatic rings. The van der Waals surface area contributed by atoms with Crippen LogP contribution in [-0.4, -0.2) is 52.6 Å². The molecule has 0 heterocycles. The van der Waals surface area contributed by atoms with E-state index in [1.165, 1.54) is 5.57 Å². The van der Waals surface area contributed by atoms with Gasteiger partial charge < -0.3 is 20.3 Å². The molecule has 3 N–H and O–H groups in total. The molecule has 0 spiro atoms. The SMILES string of the molecule is C[C@]12CC[C@@H]3[C@@H](CCC4=CC(=O)CC[C@@]43C)[C@@H]1CC[C@@H]2OC(=O)CCC(=O)N[C@@H](CO)C(=O)O. The number of nitrogens with one attached hydrogen (secondary N) is 1. The molecular formula is C26H37NO7. The minimum atomic E-state index is -1.37. The van der Waals surface area contributed by atoms with Crippen LogP contribution < -0.4 is 5.32 Å². The zero-order valence-corrected chi connectivity index (χ0v) is 20.2. The molecule has 4 aliphatic carbocycles. The number of allylic oxidation sites excluding steroid dienone is 1. The molecule has 3 fully saturated rings. The number of aliphatic hydroxyl groups excluding tert-OH is 1. The highest BCUT2D eigenvalue weighted by atomic mass is 16.5. The molecule has 0 unspecified atom stereocenters. The van der Waals surface area contributed by atoms with Gasteiger partial charge in [-0.2, -0.15) is 0 Å². The Morgan fingerprint density at radius 1 is 1.09 bits per heavy atom. The minimum Gasteiger partial charge on any atom is -0.480 e. The normalized spacial score (nSPS) is 37.5. The van der Waals surface area contributed by atoms with Gasteiger partial charge in [-0.15, -0.1) is 0 Å². The van der Waals surface area contributed by atoms with E-state index in [1.807, 2.05) is 6.08 Å². The van der Waals surface area contributed by atoms with Gasteiger partial charge in [0.15, 0.2) is 5.78 Å². The molecular weight excluding hydrogens is 438 g/mol. The molecule has 8 heteroatoms. The number of amides is 1. The van der Waals surface area contributed by atoms with Crippen molar-refractivity contribution in [3.05, 3.63) is 11.6 Å². The average Bonchev–Trinajstić information content (AvgIpc) is 3.12. The number of carbonyl (C=O) groups excluding carboxylic acids is 3. The Labute approximate surface area is 200 Å². The lowest BCUT2D eigenvalue weighted by molar-refractivity contribution is -0.160. The zero-order chi connectivity index (χ0) is 24.7. The van der Waals surface area contributed by atoms with Gasteiger partial charge in [0, 0.05) is 18.3 Å². The Bertz CT molecular complexity index is 898. The van der Waals surface area contributed by atoms with E-state index in [4.69, 9.17) is 14.9 Å². The van der Waals surface area contributed by atoms with Crippen molar-refractivity contribution in [1.82, 2.24) is 5.32 Å². The number of carbonyl (C=O) groups is 4. The number of hydrogen-bond donors (Lipinski definition) is 3. The fraction of sp³-hybridized carbons (Fsp3) is 0.769. The molecule has 188 valence electrons. The predicted molar refractivity (Wildman–Crippen MR) is 122 cm³/mol. The van der Waals surface area contributed by atoms with Crippen LogP contribution in [0.2, 0.25) is 0 Å². The van der Waals surface area contributed by atoms with Crippen molar-refractivity contribution in [2.24, 2.45) is 28.6 Å². The van der Waals surface area contributed by atoms with Crippen LogP contribution in [0.25, 0.3) is 0 Å². The number of ketones is 1. The summed E-state index contributed by atoms with van der Waals surface area (Å²) in [6, 6.07) is -1.37. The van der Waals surface area contributed by atoms with Gasteiger partial charge in [0.1, 0.15) is 12.1 Å². The molecule has 0 radical (unpaired) electrons. The van der Waals surface area contributed by atoms with Crippen LogP contribution in [0.1, 0.15) is 78.1 Å². The summed E-state index contributed by atoms with van der Waals surface area (Å²) in [7, 11) is 0. The van der Waals surface area contributed by atoms with Crippen molar-refractivity contribution in [2.45, 2.75) is 90.2 Å². The van der Waals surface area contributed by atoms with Crippen LogP contribution in [0.15, 0.2) is 11.6 Å². The fourth-order valence-electron chi connectivity index (χ4n) is 7.59. The summed E-state index contributed by atoms with van der Waals surface area (Å²) in [5.41, 5.74) is 1.38. The van der Waals surface area contributed by atoms with Crippen LogP contribution in [0, 0.1) is 28.6 Å². The molecule has 0 aromatic carbocycles. The maximum Gasteiger partial charge on any atom is 0.328 e. The molecule has 0 bridgehead atoms. The Kier molecular flexibility index (Phi) is 6.91. The largest absolute Gasteiger partial charge is 0.480 e. The second-order valence-corrected chi connectivity index (χ2v) is 11.2. The van der Waals surface area contributed by atoms with Crippen molar-refractivity contribution in [2.75, 3.05) is 6.61 Å². The number of rotatable bonds is 7. The van der Waals surface area contributed by atoms with E-state index in [1.54, 1.807) is 0 Å². The maximum atomic E-state index is 12.6. The molecule has 0 saturated heterocycles. The van der Waals surface area contributed by atoms with Crippen molar-refractivity contribution >= 4 is 23.6 Å². The van der Waals surface area contributed by atoms with E-state index in [-0.39, 0.29) is 35.6 Å². The van der Waals surface area contributed by atoms with E-state index in [0.29, 0.717) is 24.2 Å². The molecule has 7 atom stereocenters. The molecule has 3 saturated carbocycles. The first kappa shape index (κ1) is 24.9. The van der Waals surface area contributed by atoms with Gasteiger partial charge in [-0.3, -0.25) is 14.4 Å². The lowest BCUT2D eigenvalue weighted by atomic mass is 9.47. The lowest BCUT2D eigenvalue weighted by Gasteiger charge is -2.57. The van der Waals surface area contributed by atoms with Gasteiger partial charge in [0.25, 0.3) is 0 Å². The van der Waals surface area contributed by atoms with E-state index < -0.39 is 30.5 Å². The lowest BCUT2D eigenvalue weighted by Crippen LogP contribution is -2.51. The van der Waals surface area contributed by atoms with Gasteiger partial charge in [0.05, 0.1) is 13.0 Å². The second kappa shape index (κ2) is 9.44. The minimum absolute atomic E-state index is 0.0769. The van der Waals surface area contributed by atoms with Crippen LogP contribution in [-0.2, 0) is 23.9 Å². The molecule has 8 nitrogen and oxygen atoms in total. The summed E-state index contributed by atoms with van der Waals surface area (Å²) in [4.78, 5) is 47.4. The van der Waals surface area contributed by atoms with Crippen LogP contribution >= 0.6 is 0 Å². The van der Waals surface area contributed by atoms with Crippen molar-refractivity contribution in [3.63, 3.8) is 0 Å². The van der Waals surface area contributed by atoms with Crippen molar-refractivity contribution < 1.29 is 34.1 Å². The Hall–Kier alpha value is -2.22. The molecule has 1 amide bonds. The molecule has 0 aliphatic heterocycles. The summed E-state index contributed by atoms with van der Waals surface area (Å²) < 4.78 is 5.90. The first-order chi connectivity index (χ1) is 16.1. The third-order valence-corrected chi connectivity index (χ3v) is 9.52. The molecule has 0 aromatic heterocycles. The standard InChI is InChI=1S/C26H37NO7/c1-25-11-9-16(29)13-15(25)3-4-17-18-5-6-21(26(18,2)12-10-19(17)25)34-23(31)8-7-22(30)27-20(14-28)24(32)33/h13,17-21,28H,3-12,14H2,1-2H3,(H,27,30)(H,32,33)/t17-,18-,19+,20-,21-,25-,26-/m0/s1. The predicted octanol–water partition coefficient (Wildman–Crippen LogP) is 2.77. The van der Waals surface area contributed by atoms with Gasteiger partial charge in [0.2, 0.25) is 5.91 Å². The maximum absolute atomic E-state index is 12.6. The highest BCUT2D eigenvalue weighted by Gasteiger charge is 2.59. The van der Waals surface area contributed by atoms with Gasteiger partial charge in [-0.1, -0.05) is 19.4 Å². The first-order valence-corrected chi connectivity index (χ1v) is 12.6. The van der Waals surface area contributed by atoms with Crippen molar-refractivity contribution in [1.29, 1.82) is 0 Å². The summed E-state index contributed by atoms with van der Waals surface area (Å²) in [6.07, 6.45) is 9.05. The van der Waals surface area contributed by atoms with E-state index in [2.05, 4.69) is 19.2 Å². The number of ether oxygens (including phenoxy) is 1. The fourth-order valence-corrected chi connectivity index (χ4v) is 7.59. The summed E-state index contributed by atoms with van der Waals surface area (Å²) >= 11 is 0. The Balaban J connectivity index is 1.35. The monoisotopic (exact) mass is 475 g/mol. The van der Waals surface area contributed by atoms with E-state index in [0.717, 1.165) is 44.9 Å². The number of aliphatic hydroxyl groups is 1. The second-order valence-electron chi connectivity index (χ2n) is 11.2. The number of fused-ring (bicyclic) bond motifs is 5. The van der Waals surface area contributed by atoms with E-state index in [9.17, 15) is 19.2 Å². The van der Waals surface area contributed by atoms with Crippen LogP contribution in [0.3, 0.4) is 0 Å². The smallest absolute Gasteiger partial charge is 0.328 e. The highest BCUT2D eigenvalue weighted by molar-refractivity contribution is 5.91. The Morgan fingerprint density at radius 2 is 1.85 bits per heavy atom. The average molecular weight is 476 g/mol. The molecule has 0 aromatic rings. The molecule has 34 heavy (non-hydrogen) atoms. The van der Waals surface area contributed by atoms with Crippen LogP contribution in [0.4, 0.5) is 0 Å². The summed E-state index contributed by atoms with van der Waals surface area (Å²) in [5, 5.41) is 20.1. The number of carboxylic acid groups (broad SMARTS) is 1. The van der Waals surface area contributed by atoms with Crippen LogP contribution in [0.5, 0.6) is 0 Å². The number of aliphatic carboxylic acids is 1. The summed E-state index contributed by atoms with van der Waals surface area (Å²) in [5.74, 6) is -0.447. The third kappa shape index (κ3) is 4.41. The van der Waals surface area contributed by atoms with Crippen molar-refractivity contribution in [3.8, 4) is 0 Å². The first-order valence-electron chi connectivity index (χ1n) is 12.6. The van der Waals surface area contributed by atoms with Gasteiger partial charge >= 0.3 is 11.9 Å². The van der Waals surface area contributed by atoms with E-state index >= 15 is 0 Å². The van der Waals surface area contributed by atoms with Gasteiger partial charge in [-0.05, 0) is 74.2 Å². The molecule has 4 rings (SSSR count). The number of hydrogen-bond acceptors (Lipinski definition) is 6. The Morgan fingerprint density at radius 3 is 2.56 bits per heavy atom. The third-order valence-electron chi connectivity index (χ3n) is 9.52. The topological polar surface area (TPSA) is 130 Å². The zero-order valence-electron chi connectivity index (χ0n) is 20.2. The number of carboxylic acids is 1. The summed E-state index contributed by atoms with van der Waals surface area (Å²) in [6.45, 7) is 3.90. The quantitative estimate of drug-likeness (QED) is 0.483. The van der Waals surface area contributed by atoms with Gasteiger partial charge in [-0.25, -0.2) is 4.79 Å².